The van der Waals surface area contributed by atoms with Gasteiger partial charge in [0.05, 0.1) is 4.90 Å². The number of benzene rings is 1. The van der Waals surface area contributed by atoms with Crippen LogP contribution in [-0.2, 0) is 10.0 Å². The molecule has 5 nitrogen and oxygen atoms in total. The molecule has 1 aliphatic rings. The molecule has 0 aliphatic heterocycles. The number of hydrogen-bond acceptors (Lipinski definition) is 3. The molecule has 0 atom stereocenters. The van der Waals surface area contributed by atoms with Crippen molar-refractivity contribution in [3.05, 3.63) is 54.1 Å². The highest BCUT2D eigenvalue weighted by Gasteiger charge is 2.15. The molecule has 0 bridgehead atoms. The van der Waals surface area contributed by atoms with Crippen LogP contribution in [0.5, 0.6) is 0 Å². The highest BCUT2D eigenvalue weighted by atomic mass is 32.2. The van der Waals surface area contributed by atoms with Gasteiger partial charge in [0.15, 0.2) is 0 Å². The molecule has 6 heteroatoms. The lowest BCUT2D eigenvalue weighted by molar-refractivity contribution is 0.0954. The molecule has 130 valence electrons. The van der Waals surface area contributed by atoms with Crippen LogP contribution in [0.3, 0.4) is 0 Å². The molecule has 1 aliphatic carbocycles. The van der Waals surface area contributed by atoms with Gasteiger partial charge in [-0.15, -0.1) is 6.58 Å². The molecule has 0 aromatic heterocycles. The summed E-state index contributed by atoms with van der Waals surface area (Å²) in [5, 5.41) is 2.86. The van der Waals surface area contributed by atoms with Crippen molar-refractivity contribution in [2.75, 3.05) is 13.1 Å². The molecule has 0 radical (unpaired) electrons. The van der Waals surface area contributed by atoms with E-state index < -0.39 is 10.0 Å². The van der Waals surface area contributed by atoms with Gasteiger partial charge >= 0.3 is 0 Å². The first-order chi connectivity index (χ1) is 11.5. The molecule has 2 N–H and O–H groups in total. The van der Waals surface area contributed by atoms with E-state index in [4.69, 9.17) is 0 Å². The SMILES string of the molecule is C=CCNS(=O)(=O)c1cccc(C(=O)NCCC2=CCCCC2)c1. The number of sulfonamides is 1. The first kappa shape index (κ1) is 18.4. The van der Waals surface area contributed by atoms with Gasteiger partial charge in [0, 0.05) is 18.7 Å². The summed E-state index contributed by atoms with van der Waals surface area (Å²) in [4.78, 5) is 12.3. The molecule has 1 aromatic rings. The van der Waals surface area contributed by atoms with Crippen LogP contribution in [0, 0.1) is 0 Å². The second-order valence-corrected chi connectivity index (χ2v) is 7.55. The second-order valence-electron chi connectivity index (χ2n) is 5.78. The van der Waals surface area contributed by atoms with Crippen molar-refractivity contribution < 1.29 is 13.2 Å². The summed E-state index contributed by atoms with van der Waals surface area (Å²) in [5.41, 5.74) is 1.74. The Hall–Kier alpha value is -1.92. The van der Waals surface area contributed by atoms with E-state index in [0.29, 0.717) is 12.1 Å². The number of carbonyl (C=O) groups excluding carboxylic acids is 1. The van der Waals surface area contributed by atoms with Crippen molar-refractivity contribution in [1.82, 2.24) is 10.0 Å². The molecule has 1 amide bonds. The molecule has 0 saturated carbocycles. The summed E-state index contributed by atoms with van der Waals surface area (Å²) >= 11 is 0. The zero-order valence-electron chi connectivity index (χ0n) is 13.8. The Morgan fingerprint density at radius 3 is 2.83 bits per heavy atom. The van der Waals surface area contributed by atoms with E-state index in [1.165, 1.54) is 36.6 Å². The zero-order chi connectivity index (χ0) is 17.4. The second kappa shape index (κ2) is 8.80. The maximum atomic E-state index is 12.2. The van der Waals surface area contributed by atoms with Crippen LogP contribution in [0.25, 0.3) is 0 Å². The minimum Gasteiger partial charge on any atom is -0.352 e. The molecular weight excluding hydrogens is 324 g/mol. The van der Waals surface area contributed by atoms with Crippen LogP contribution in [0.2, 0.25) is 0 Å². The fourth-order valence-electron chi connectivity index (χ4n) is 2.63. The third kappa shape index (κ3) is 5.32. The average Bonchev–Trinajstić information content (AvgIpc) is 2.61. The van der Waals surface area contributed by atoms with Crippen LogP contribution in [0.15, 0.2) is 53.5 Å². The van der Waals surface area contributed by atoms with Crippen LogP contribution in [0.4, 0.5) is 0 Å². The Balaban J connectivity index is 1.96. The number of carbonyl (C=O) groups is 1. The van der Waals surface area contributed by atoms with Gasteiger partial charge in [-0.2, -0.15) is 0 Å². The summed E-state index contributed by atoms with van der Waals surface area (Å²) in [7, 11) is -3.63. The van der Waals surface area contributed by atoms with Gasteiger partial charge < -0.3 is 5.32 Å². The number of hydrogen-bond donors (Lipinski definition) is 2. The van der Waals surface area contributed by atoms with E-state index >= 15 is 0 Å². The summed E-state index contributed by atoms with van der Waals surface area (Å²) < 4.78 is 26.6. The zero-order valence-corrected chi connectivity index (χ0v) is 14.6. The van der Waals surface area contributed by atoms with Gasteiger partial charge in [0.1, 0.15) is 0 Å². The van der Waals surface area contributed by atoms with Crippen molar-refractivity contribution in [3.63, 3.8) is 0 Å². The molecule has 0 heterocycles. The number of amides is 1. The predicted molar refractivity (Wildman–Crippen MR) is 95.3 cm³/mol. The number of rotatable bonds is 8. The first-order valence-electron chi connectivity index (χ1n) is 8.19. The molecule has 2 rings (SSSR count). The third-order valence-electron chi connectivity index (χ3n) is 3.94. The van der Waals surface area contributed by atoms with Crippen LogP contribution in [0.1, 0.15) is 42.5 Å². The molecule has 0 spiro atoms. The normalized spacial score (nSPS) is 14.8. The van der Waals surface area contributed by atoms with Gasteiger partial charge in [-0.1, -0.05) is 23.8 Å². The Morgan fingerprint density at radius 1 is 1.29 bits per heavy atom. The summed E-state index contributed by atoms with van der Waals surface area (Å²) in [6.07, 6.45) is 9.28. The summed E-state index contributed by atoms with van der Waals surface area (Å²) in [5.74, 6) is -0.257. The van der Waals surface area contributed by atoms with Crippen molar-refractivity contribution >= 4 is 15.9 Å². The molecule has 0 fully saturated rings. The van der Waals surface area contributed by atoms with Crippen LogP contribution < -0.4 is 10.0 Å². The van der Waals surface area contributed by atoms with Crippen molar-refractivity contribution in [2.45, 2.75) is 37.0 Å². The molecular formula is C18H24N2O3S. The van der Waals surface area contributed by atoms with E-state index in [1.54, 1.807) is 12.1 Å². The molecule has 1 aromatic carbocycles. The van der Waals surface area contributed by atoms with Crippen LogP contribution in [-0.4, -0.2) is 27.4 Å². The van der Waals surface area contributed by atoms with Crippen LogP contribution >= 0.6 is 0 Å². The Labute approximate surface area is 143 Å². The lowest BCUT2D eigenvalue weighted by Crippen LogP contribution is -2.26. The third-order valence-corrected chi connectivity index (χ3v) is 5.36. The highest BCUT2D eigenvalue weighted by Crippen LogP contribution is 2.19. The highest BCUT2D eigenvalue weighted by molar-refractivity contribution is 7.89. The molecule has 24 heavy (non-hydrogen) atoms. The largest absolute Gasteiger partial charge is 0.352 e. The maximum Gasteiger partial charge on any atom is 0.251 e. The topological polar surface area (TPSA) is 75.3 Å². The first-order valence-corrected chi connectivity index (χ1v) is 9.68. The van der Waals surface area contributed by atoms with Crippen molar-refractivity contribution in [3.8, 4) is 0 Å². The van der Waals surface area contributed by atoms with Gasteiger partial charge in [-0.25, -0.2) is 13.1 Å². The lowest BCUT2D eigenvalue weighted by Gasteiger charge is -2.13. The molecule has 0 saturated heterocycles. The maximum absolute atomic E-state index is 12.2. The van der Waals surface area contributed by atoms with Gasteiger partial charge in [0.2, 0.25) is 10.0 Å². The van der Waals surface area contributed by atoms with Gasteiger partial charge in [-0.3, -0.25) is 4.79 Å². The summed E-state index contributed by atoms with van der Waals surface area (Å²) in [6.45, 7) is 4.19. The van der Waals surface area contributed by atoms with Gasteiger partial charge in [-0.05, 0) is 50.3 Å². The number of nitrogens with one attached hydrogen (secondary N) is 2. The average molecular weight is 348 g/mol. The monoisotopic (exact) mass is 348 g/mol. The Morgan fingerprint density at radius 2 is 2.12 bits per heavy atom. The van der Waals surface area contributed by atoms with E-state index in [-0.39, 0.29) is 17.3 Å². The minimum atomic E-state index is -3.63. The van der Waals surface area contributed by atoms with E-state index in [0.717, 1.165) is 19.3 Å². The van der Waals surface area contributed by atoms with E-state index in [2.05, 4.69) is 22.7 Å². The van der Waals surface area contributed by atoms with E-state index in [9.17, 15) is 13.2 Å². The van der Waals surface area contributed by atoms with Crippen molar-refractivity contribution in [2.24, 2.45) is 0 Å². The predicted octanol–water partition coefficient (Wildman–Crippen LogP) is 2.77. The Kier molecular flexibility index (Phi) is 6.75. The standard InChI is InChI=1S/C18H24N2O3S/c1-2-12-20-24(22,23)17-10-6-9-16(14-17)18(21)19-13-11-15-7-4-3-5-8-15/h2,6-7,9-10,14,20H,1,3-5,8,11-13H2,(H,19,21). The number of allylic oxidation sites excluding steroid dienone is 1. The van der Waals surface area contributed by atoms with E-state index in [1.807, 2.05) is 0 Å². The van der Waals surface area contributed by atoms with Gasteiger partial charge in [0.25, 0.3) is 5.91 Å². The molecule has 0 unspecified atom stereocenters. The summed E-state index contributed by atoms with van der Waals surface area (Å²) in [6, 6.07) is 6.04. The lowest BCUT2D eigenvalue weighted by atomic mass is 9.97. The fraction of sp³-hybridized carbons (Fsp3) is 0.389. The van der Waals surface area contributed by atoms with Crippen molar-refractivity contribution in [1.29, 1.82) is 0 Å². The Bertz CT molecular complexity index is 724. The smallest absolute Gasteiger partial charge is 0.251 e. The quantitative estimate of drug-likeness (QED) is 0.709. The fourth-order valence-corrected chi connectivity index (χ4v) is 3.67. The minimum absolute atomic E-state index is 0.0759.